The SMILES string of the molecule is Cc1cc(CCC(=O)c2sc(C)c3c2C[C@@H]2[C@H]3C2(C)C)cc(C)c1OCCCN. The molecule has 2 N–H and O–H groups in total. The van der Waals surface area contributed by atoms with E-state index in [0.29, 0.717) is 36.7 Å². The number of rotatable bonds is 8. The molecule has 29 heavy (non-hydrogen) atoms. The smallest absolute Gasteiger partial charge is 0.173 e. The van der Waals surface area contributed by atoms with Crippen molar-refractivity contribution in [1.29, 1.82) is 0 Å². The van der Waals surface area contributed by atoms with Gasteiger partial charge in [-0.1, -0.05) is 26.0 Å². The number of ketones is 1. The Morgan fingerprint density at radius 2 is 1.93 bits per heavy atom. The fraction of sp³-hybridized carbons (Fsp3) is 0.560. The predicted molar refractivity (Wildman–Crippen MR) is 121 cm³/mol. The molecular weight excluding hydrogens is 378 g/mol. The third-order valence-electron chi connectivity index (χ3n) is 7.03. The van der Waals surface area contributed by atoms with Crippen LogP contribution in [-0.2, 0) is 12.8 Å². The average Bonchev–Trinajstić information content (AvgIpc) is 3.00. The Labute approximate surface area is 178 Å². The van der Waals surface area contributed by atoms with Gasteiger partial charge in [0.15, 0.2) is 5.78 Å². The molecule has 2 aliphatic carbocycles. The fourth-order valence-corrected chi connectivity index (χ4v) is 6.60. The van der Waals surface area contributed by atoms with Crippen LogP contribution in [-0.4, -0.2) is 18.9 Å². The molecule has 1 fully saturated rings. The van der Waals surface area contributed by atoms with Crippen molar-refractivity contribution < 1.29 is 9.53 Å². The van der Waals surface area contributed by atoms with Gasteiger partial charge in [0.25, 0.3) is 0 Å². The quantitative estimate of drug-likeness (QED) is 0.460. The minimum atomic E-state index is 0.317. The van der Waals surface area contributed by atoms with Gasteiger partial charge in [0.2, 0.25) is 0 Å². The summed E-state index contributed by atoms with van der Waals surface area (Å²) in [6, 6.07) is 4.33. The van der Waals surface area contributed by atoms with Crippen molar-refractivity contribution in [3.05, 3.63) is 49.7 Å². The second-order valence-electron chi connectivity index (χ2n) is 9.46. The predicted octanol–water partition coefficient (Wildman–Crippen LogP) is 5.51. The van der Waals surface area contributed by atoms with Crippen molar-refractivity contribution in [3.63, 3.8) is 0 Å². The zero-order valence-corrected chi connectivity index (χ0v) is 19.2. The van der Waals surface area contributed by atoms with E-state index in [2.05, 4.69) is 46.8 Å². The summed E-state index contributed by atoms with van der Waals surface area (Å²) in [5.41, 5.74) is 12.4. The van der Waals surface area contributed by atoms with E-state index >= 15 is 0 Å². The number of Topliss-reactive ketones (excluding diaryl/α,β-unsaturated/α-hetero) is 1. The van der Waals surface area contributed by atoms with E-state index in [-0.39, 0.29) is 0 Å². The molecule has 2 aliphatic rings. The van der Waals surface area contributed by atoms with Crippen molar-refractivity contribution in [2.24, 2.45) is 17.1 Å². The highest BCUT2D eigenvalue weighted by Gasteiger charge is 2.63. The van der Waals surface area contributed by atoms with Crippen LogP contribution in [0.1, 0.15) is 75.0 Å². The Balaban J connectivity index is 1.44. The third kappa shape index (κ3) is 3.55. The van der Waals surface area contributed by atoms with E-state index in [0.717, 1.165) is 46.9 Å². The Kier molecular flexibility index (Phi) is 5.37. The first-order chi connectivity index (χ1) is 13.8. The Bertz CT molecular complexity index is 933. The van der Waals surface area contributed by atoms with Gasteiger partial charge in [-0.25, -0.2) is 0 Å². The molecule has 2 aromatic rings. The summed E-state index contributed by atoms with van der Waals surface area (Å²) in [5, 5.41) is 0. The lowest BCUT2D eigenvalue weighted by atomic mass is 9.93. The molecule has 0 spiro atoms. The van der Waals surface area contributed by atoms with E-state index < -0.39 is 0 Å². The molecule has 156 valence electrons. The maximum Gasteiger partial charge on any atom is 0.173 e. The molecule has 1 saturated carbocycles. The molecule has 1 aromatic carbocycles. The van der Waals surface area contributed by atoms with Crippen molar-refractivity contribution >= 4 is 17.1 Å². The summed E-state index contributed by atoms with van der Waals surface area (Å²) in [5.74, 6) is 2.72. The van der Waals surface area contributed by atoms with Crippen LogP contribution in [0.4, 0.5) is 0 Å². The van der Waals surface area contributed by atoms with Gasteiger partial charge in [0.05, 0.1) is 11.5 Å². The lowest BCUT2D eigenvalue weighted by molar-refractivity contribution is 0.0985. The van der Waals surface area contributed by atoms with E-state index in [9.17, 15) is 4.79 Å². The maximum absolute atomic E-state index is 13.1. The molecule has 4 heteroatoms. The number of ether oxygens (including phenoxy) is 1. The van der Waals surface area contributed by atoms with Crippen LogP contribution >= 0.6 is 11.3 Å². The summed E-state index contributed by atoms with van der Waals surface area (Å²) in [6.45, 7) is 12.4. The second kappa shape index (κ2) is 7.55. The third-order valence-corrected chi connectivity index (χ3v) is 8.23. The Morgan fingerprint density at radius 3 is 2.59 bits per heavy atom. The minimum Gasteiger partial charge on any atom is -0.493 e. The van der Waals surface area contributed by atoms with Crippen LogP contribution in [0.2, 0.25) is 0 Å². The van der Waals surface area contributed by atoms with Crippen LogP contribution in [0.3, 0.4) is 0 Å². The molecule has 2 atom stereocenters. The largest absolute Gasteiger partial charge is 0.493 e. The molecular formula is C25H33NO2S. The summed E-state index contributed by atoms with van der Waals surface area (Å²) in [6.07, 6.45) is 3.33. The number of carbonyl (C=O) groups excluding carboxylic acids is 1. The number of hydrogen-bond acceptors (Lipinski definition) is 4. The summed E-state index contributed by atoms with van der Waals surface area (Å²) >= 11 is 1.73. The normalized spacial score (nSPS) is 21.0. The van der Waals surface area contributed by atoms with Crippen molar-refractivity contribution in [3.8, 4) is 5.75 Å². The average molecular weight is 412 g/mol. The topological polar surface area (TPSA) is 52.3 Å². The van der Waals surface area contributed by atoms with Gasteiger partial charge in [-0.05, 0) is 91.6 Å². The van der Waals surface area contributed by atoms with Gasteiger partial charge in [-0.15, -0.1) is 11.3 Å². The number of hydrogen-bond donors (Lipinski definition) is 1. The molecule has 1 heterocycles. The number of aryl methyl sites for hydroxylation is 4. The molecule has 4 rings (SSSR count). The number of nitrogens with two attached hydrogens (primary N) is 1. The van der Waals surface area contributed by atoms with Gasteiger partial charge >= 0.3 is 0 Å². The monoisotopic (exact) mass is 411 g/mol. The standard InChI is InChI=1S/C25H33NO2S/c1-14-11-17(12-15(2)23(14)28-10-6-9-26)7-8-20(27)24-18-13-19-22(25(19,4)5)21(18)16(3)29-24/h11-12,19,22H,6-10,13,26H2,1-5H3/t19-,22-/m1/s1. The van der Waals surface area contributed by atoms with E-state index in [1.54, 1.807) is 11.3 Å². The maximum atomic E-state index is 13.1. The van der Waals surface area contributed by atoms with Crippen LogP contribution in [0, 0.1) is 32.1 Å². The minimum absolute atomic E-state index is 0.317. The summed E-state index contributed by atoms with van der Waals surface area (Å²) in [4.78, 5) is 15.5. The first-order valence-corrected chi connectivity index (χ1v) is 11.7. The molecule has 0 radical (unpaired) electrons. The van der Waals surface area contributed by atoms with Crippen molar-refractivity contribution in [2.75, 3.05) is 13.2 Å². The summed E-state index contributed by atoms with van der Waals surface area (Å²) < 4.78 is 5.90. The number of benzene rings is 1. The van der Waals surface area contributed by atoms with Gasteiger partial charge in [-0.3, -0.25) is 4.79 Å². The molecule has 0 saturated heterocycles. The first-order valence-electron chi connectivity index (χ1n) is 10.8. The molecule has 3 nitrogen and oxygen atoms in total. The number of thiophene rings is 1. The van der Waals surface area contributed by atoms with E-state index in [1.807, 2.05) is 0 Å². The summed E-state index contributed by atoms with van der Waals surface area (Å²) in [7, 11) is 0. The van der Waals surface area contributed by atoms with Gasteiger partial charge in [0.1, 0.15) is 5.75 Å². The van der Waals surface area contributed by atoms with Gasteiger partial charge < -0.3 is 10.5 Å². The van der Waals surface area contributed by atoms with Crippen molar-refractivity contribution in [2.45, 2.75) is 66.2 Å². The Morgan fingerprint density at radius 1 is 1.24 bits per heavy atom. The lowest BCUT2D eigenvalue weighted by Gasteiger charge is -2.14. The molecule has 0 amide bonds. The highest BCUT2D eigenvalue weighted by atomic mass is 32.1. The van der Waals surface area contributed by atoms with Gasteiger partial charge in [-0.2, -0.15) is 0 Å². The van der Waals surface area contributed by atoms with Crippen LogP contribution in [0.25, 0.3) is 0 Å². The van der Waals surface area contributed by atoms with Gasteiger partial charge in [0, 0.05) is 11.3 Å². The number of fused-ring (bicyclic) bond motifs is 3. The fourth-order valence-electron chi connectivity index (χ4n) is 5.40. The highest BCUT2D eigenvalue weighted by molar-refractivity contribution is 7.14. The van der Waals surface area contributed by atoms with Crippen molar-refractivity contribution in [1.82, 2.24) is 0 Å². The molecule has 1 aromatic heterocycles. The molecule has 0 aliphatic heterocycles. The highest BCUT2D eigenvalue weighted by Crippen LogP contribution is 2.71. The first kappa shape index (κ1) is 20.6. The zero-order chi connectivity index (χ0) is 20.9. The lowest BCUT2D eigenvalue weighted by Crippen LogP contribution is -2.08. The second-order valence-corrected chi connectivity index (χ2v) is 10.7. The zero-order valence-electron chi connectivity index (χ0n) is 18.4. The Hall–Kier alpha value is -1.65. The van der Waals surface area contributed by atoms with Crippen LogP contribution < -0.4 is 10.5 Å². The molecule has 0 unspecified atom stereocenters. The van der Waals surface area contributed by atoms with Crippen LogP contribution in [0.15, 0.2) is 12.1 Å². The number of carbonyl (C=O) groups is 1. The van der Waals surface area contributed by atoms with E-state index in [1.165, 1.54) is 21.6 Å². The molecule has 0 bridgehead atoms. The van der Waals surface area contributed by atoms with E-state index in [4.69, 9.17) is 10.5 Å². The van der Waals surface area contributed by atoms with Crippen LogP contribution in [0.5, 0.6) is 5.75 Å².